The van der Waals surface area contributed by atoms with Crippen molar-refractivity contribution in [3.8, 4) is 0 Å². The summed E-state index contributed by atoms with van der Waals surface area (Å²) >= 11 is 0. The molecule has 0 heterocycles. The Morgan fingerprint density at radius 2 is 2.50 bits per heavy atom. The van der Waals surface area contributed by atoms with Crippen LogP contribution in [0.4, 0.5) is 0 Å². The van der Waals surface area contributed by atoms with Crippen LogP contribution in [0.1, 0.15) is 6.92 Å². The van der Waals surface area contributed by atoms with Gasteiger partial charge in [-0.3, -0.25) is 0 Å². The second kappa shape index (κ2) is 4.87. The summed E-state index contributed by atoms with van der Waals surface area (Å²) in [6.45, 7) is 2.05. The van der Waals surface area contributed by atoms with Crippen molar-refractivity contribution in [2.45, 2.75) is 13.2 Å². The Morgan fingerprint density at radius 1 is 1.83 bits per heavy atom. The Kier molecular flexibility index (Phi) is 4.76. The van der Waals surface area contributed by atoms with Crippen LogP contribution in [0, 0.1) is 0 Å². The van der Waals surface area contributed by atoms with E-state index in [0.29, 0.717) is 0 Å². The van der Waals surface area contributed by atoms with Crippen molar-refractivity contribution < 1.29 is 0 Å². The van der Waals surface area contributed by atoms with E-state index < -0.39 is 0 Å². The van der Waals surface area contributed by atoms with Gasteiger partial charge in [0.1, 0.15) is 0 Å². The molecule has 0 radical (unpaired) electrons. The molecule has 0 aliphatic heterocycles. The van der Waals surface area contributed by atoms with Crippen molar-refractivity contribution in [2.75, 3.05) is 0 Å². The summed E-state index contributed by atoms with van der Waals surface area (Å²) in [6, 6.07) is 0. The lowest BCUT2D eigenvalue weighted by molar-refractivity contribution is 1.62. The monoisotopic (exact) mass is 80.1 g/mol. The van der Waals surface area contributed by atoms with E-state index in [1.807, 2.05) is 0 Å². The molecule has 0 N–H and O–H groups in total. The summed E-state index contributed by atoms with van der Waals surface area (Å²) in [6.07, 6.45) is 5.50. The van der Waals surface area contributed by atoms with Crippen LogP contribution in [0.25, 0.3) is 0 Å². The zero-order chi connectivity index (χ0) is 4.83. The van der Waals surface area contributed by atoms with Gasteiger partial charge in [0.05, 0.1) is 14.9 Å². The van der Waals surface area contributed by atoms with E-state index in [4.69, 9.17) is 0 Å². The quantitative estimate of drug-likeness (QED) is 0.322. The fourth-order valence-electron chi connectivity index (χ4n) is 0.333. The van der Waals surface area contributed by atoms with Gasteiger partial charge in [0.25, 0.3) is 0 Å². The zero-order valence-corrected chi connectivity index (χ0v) is 4.57. The third kappa shape index (κ3) is 3.87. The molecule has 0 fully saturated rings. The standard InChI is InChI=1S/C4H10B2/c1-2-3-4-6-5/h2-3,6H,4-5H2,1H3/b3-2-. The van der Waals surface area contributed by atoms with E-state index in [9.17, 15) is 0 Å². The lowest BCUT2D eigenvalue weighted by Gasteiger charge is -1.73. The largest absolute Gasteiger partial charge is 0.0971 e. The molecule has 0 aliphatic carbocycles. The fourth-order valence-corrected chi connectivity index (χ4v) is 0.333. The molecule has 0 amide bonds. The van der Waals surface area contributed by atoms with Gasteiger partial charge in [-0.2, -0.15) is 0 Å². The van der Waals surface area contributed by atoms with Crippen LogP contribution >= 0.6 is 0 Å². The van der Waals surface area contributed by atoms with E-state index >= 15 is 0 Å². The molecule has 0 rings (SSSR count). The third-order valence-electron chi connectivity index (χ3n) is 0.691. The SMILES string of the molecule is BBC/C=C\C. The Morgan fingerprint density at radius 3 is 2.67 bits per heavy atom. The highest BCUT2D eigenvalue weighted by molar-refractivity contribution is 6.89. The lowest BCUT2D eigenvalue weighted by Crippen LogP contribution is -1.80. The van der Waals surface area contributed by atoms with Crippen LogP contribution in [0.5, 0.6) is 0 Å². The van der Waals surface area contributed by atoms with Crippen molar-refractivity contribution >= 4 is 14.9 Å². The maximum atomic E-state index is 2.18. The molecule has 0 aromatic heterocycles. The highest BCUT2D eigenvalue weighted by Gasteiger charge is 1.69. The van der Waals surface area contributed by atoms with Crippen LogP contribution in [-0.2, 0) is 0 Å². The lowest BCUT2D eigenvalue weighted by atomic mass is 9.54. The first-order chi connectivity index (χ1) is 2.91. The summed E-state index contributed by atoms with van der Waals surface area (Å²) in [4.78, 5) is 0. The summed E-state index contributed by atoms with van der Waals surface area (Å²) in [5, 5.41) is 0. The number of hydrogen-bond donors (Lipinski definition) is 0. The van der Waals surface area contributed by atoms with Crippen molar-refractivity contribution in [3.63, 3.8) is 0 Å². The van der Waals surface area contributed by atoms with Crippen LogP contribution in [0.15, 0.2) is 12.2 Å². The minimum Gasteiger partial charge on any atom is -0.0971 e. The summed E-state index contributed by atoms with van der Waals surface area (Å²) in [5.74, 6) is 0. The normalized spacial score (nSPS) is 9.50. The van der Waals surface area contributed by atoms with E-state index in [0.717, 1.165) is 0 Å². The average Bonchev–Trinajstić information content (AvgIpc) is 1.61. The third-order valence-corrected chi connectivity index (χ3v) is 0.691. The van der Waals surface area contributed by atoms with Gasteiger partial charge < -0.3 is 0 Å². The first kappa shape index (κ1) is 5.87. The molecule has 0 aliphatic rings. The number of rotatable bonds is 2. The Labute approximate surface area is 41.3 Å². The van der Waals surface area contributed by atoms with Crippen LogP contribution < -0.4 is 0 Å². The first-order valence-electron chi connectivity index (χ1n) is 2.53. The molecule has 0 aromatic rings. The minimum atomic E-state index is 1.23. The maximum absolute atomic E-state index is 2.18. The summed E-state index contributed by atoms with van der Waals surface area (Å²) < 4.78 is 0. The fraction of sp³-hybridized carbons (Fsp3) is 0.500. The van der Waals surface area contributed by atoms with Crippen LogP contribution in [0.3, 0.4) is 0 Å². The minimum absolute atomic E-state index is 1.23. The van der Waals surface area contributed by atoms with Gasteiger partial charge in [0, 0.05) is 0 Å². The summed E-state index contributed by atoms with van der Waals surface area (Å²) in [5.41, 5.74) is 0. The van der Waals surface area contributed by atoms with Crippen LogP contribution in [0.2, 0.25) is 6.32 Å². The highest BCUT2D eigenvalue weighted by Crippen LogP contribution is 1.75. The van der Waals surface area contributed by atoms with Crippen molar-refractivity contribution in [2.24, 2.45) is 0 Å². The second-order valence-electron chi connectivity index (χ2n) is 1.36. The Hall–Kier alpha value is -0.130. The molecule has 0 saturated heterocycles. The van der Waals surface area contributed by atoms with Gasteiger partial charge >= 0.3 is 0 Å². The predicted octanol–water partition coefficient (Wildman–Crippen LogP) is -0.0346. The molecule has 6 heavy (non-hydrogen) atoms. The number of allylic oxidation sites excluding steroid dienone is 2. The Balaban J connectivity index is 2.66. The zero-order valence-electron chi connectivity index (χ0n) is 4.57. The van der Waals surface area contributed by atoms with E-state index in [1.165, 1.54) is 13.5 Å². The predicted molar refractivity (Wildman–Crippen MR) is 35.3 cm³/mol. The molecule has 0 aromatic carbocycles. The summed E-state index contributed by atoms with van der Waals surface area (Å²) in [7, 11) is 3.45. The molecular formula is C4H10B2. The smallest absolute Gasteiger partial charge is 0.0868 e. The number of hydrogen-bond acceptors (Lipinski definition) is 0. The maximum Gasteiger partial charge on any atom is 0.0868 e. The topological polar surface area (TPSA) is 0 Å². The molecule has 0 saturated carbocycles. The molecule has 0 unspecified atom stereocenters. The van der Waals surface area contributed by atoms with Gasteiger partial charge in [0.15, 0.2) is 0 Å². The molecule has 0 atom stereocenters. The molecule has 0 spiro atoms. The van der Waals surface area contributed by atoms with Gasteiger partial charge in [-0.15, -0.1) is 0 Å². The second-order valence-corrected chi connectivity index (χ2v) is 1.36. The molecule has 0 nitrogen and oxygen atoms in total. The molecule has 32 valence electrons. The first-order valence-corrected chi connectivity index (χ1v) is 2.53. The van der Waals surface area contributed by atoms with Crippen molar-refractivity contribution in [1.82, 2.24) is 0 Å². The van der Waals surface area contributed by atoms with E-state index in [2.05, 4.69) is 26.8 Å². The van der Waals surface area contributed by atoms with E-state index in [-0.39, 0.29) is 0 Å². The molecule has 0 bridgehead atoms. The highest BCUT2D eigenvalue weighted by atomic mass is 13.5. The van der Waals surface area contributed by atoms with Gasteiger partial charge in [-0.05, 0) is 6.92 Å². The average molecular weight is 79.7 g/mol. The van der Waals surface area contributed by atoms with Crippen LogP contribution in [-0.4, -0.2) is 14.9 Å². The van der Waals surface area contributed by atoms with E-state index in [1.54, 1.807) is 0 Å². The van der Waals surface area contributed by atoms with Crippen molar-refractivity contribution in [1.29, 1.82) is 0 Å². The van der Waals surface area contributed by atoms with Gasteiger partial charge in [-0.25, -0.2) is 0 Å². The van der Waals surface area contributed by atoms with Crippen molar-refractivity contribution in [3.05, 3.63) is 12.2 Å². The van der Waals surface area contributed by atoms with Gasteiger partial charge in [-0.1, -0.05) is 18.5 Å². The Bertz CT molecular complexity index is 40.8. The molecular weight excluding hydrogens is 69.7 g/mol. The molecule has 2 heteroatoms. The van der Waals surface area contributed by atoms with Gasteiger partial charge in [0.2, 0.25) is 0 Å².